The van der Waals surface area contributed by atoms with E-state index in [1.165, 1.54) is 25.8 Å². The molecule has 6 nitrogen and oxygen atoms in total. The van der Waals surface area contributed by atoms with Crippen molar-refractivity contribution < 1.29 is 4.79 Å². The number of benzene rings is 1. The van der Waals surface area contributed by atoms with Crippen LogP contribution < -0.4 is 5.32 Å². The fourth-order valence-electron chi connectivity index (χ4n) is 3.86. The second kappa shape index (κ2) is 6.88. The first-order chi connectivity index (χ1) is 12.2. The molecule has 0 bridgehead atoms. The Labute approximate surface area is 148 Å². The minimum atomic E-state index is -0.0430. The zero-order valence-electron chi connectivity index (χ0n) is 14.6. The third kappa shape index (κ3) is 3.26. The van der Waals surface area contributed by atoms with Gasteiger partial charge in [-0.2, -0.15) is 5.10 Å². The molecule has 1 unspecified atom stereocenters. The standard InChI is InChI=1S/C19H25N5O/c1-15-7-5-6-12-23(15)17-13-22(14-17)19(25)21-18-10-11-20-24(18)16-8-3-2-4-9-16/h2-4,8-11,15,17H,5-7,12-14H2,1H3,(H,21,25). The number of amides is 2. The Kier molecular flexibility index (Phi) is 4.44. The summed E-state index contributed by atoms with van der Waals surface area (Å²) in [5.74, 6) is 0.700. The van der Waals surface area contributed by atoms with Gasteiger partial charge in [-0.3, -0.25) is 10.2 Å². The van der Waals surface area contributed by atoms with E-state index in [2.05, 4.69) is 22.2 Å². The number of urea groups is 1. The number of rotatable bonds is 3. The zero-order valence-corrected chi connectivity index (χ0v) is 14.6. The molecule has 2 amide bonds. The van der Waals surface area contributed by atoms with Crippen molar-refractivity contribution in [1.82, 2.24) is 19.6 Å². The van der Waals surface area contributed by atoms with E-state index in [4.69, 9.17) is 0 Å². The fourth-order valence-corrected chi connectivity index (χ4v) is 3.86. The lowest BCUT2D eigenvalue weighted by molar-refractivity contribution is 0.0199. The molecule has 2 fully saturated rings. The maximum Gasteiger partial charge on any atom is 0.323 e. The summed E-state index contributed by atoms with van der Waals surface area (Å²) < 4.78 is 1.75. The van der Waals surface area contributed by atoms with Crippen LogP contribution in [0, 0.1) is 0 Å². The molecule has 2 saturated heterocycles. The minimum absolute atomic E-state index is 0.0430. The molecule has 1 aromatic heterocycles. The quantitative estimate of drug-likeness (QED) is 0.935. The Hall–Kier alpha value is -2.34. The van der Waals surface area contributed by atoms with Crippen LogP contribution in [0.15, 0.2) is 42.6 Å². The number of piperidine rings is 1. The highest BCUT2D eigenvalue weighted by Gasteiger charge is 2.37. The van der Waals surface area contributed by atoms with Gasteiger partial charge in [0.1, 0.15) is 5.82 Å². The molecule has 1 aromatic carbocycles. The molecule has 132 valence electrons. The average Bonchev–Trinajstić information content (AvgIpc) is 3.04. The molecule has 0 aliphatic carbocycles. The molecule has 4 rings (SSSR count). The highest BCUT2D eigenvalue weighted by Crippen LogP contribution is 2.25. The van der Waals surface area contributed by atoms with Gasteiger partial charge in [-0.1, -0.05) is 24.6 Å². The number of carbonyl (C=O) groups excluding carboxylic acids is 1. The molecule has 0 saturated carbocycles. The van der Waals surface area contributed by atoms with Crippen molar-refractivity contribution in [3.8, 4) is 5.69 Å². The first kappa shape index (κ1) is 16.1. The second-order valence-electron chi connectivity index (χ2n) is 7.04. The number of aromatic nitrogens is 2. The van der Waals surface area contributed by atoms with E-state index >= 15 is 0 Å². The zero-order chi connectivity index (χ0) is 17.2. The molecule has 25 heavy (non-hydrogen) atoms. The fraction of sp³-hybridized carbons (Fsp3) is 0.474. The van der Waals surface area contributed by atoms with Crippen LogP contribution >= 0.6 is 0 Å². The van der Waals surface area contributed by atoms with Crippen molar-refractivity contribution in [2.45, 2.75) is 38.3 Å². The first-order valence-electron chi connectivity index (χ1n) is 9.13. The summed E-state index contributed by atoms with van der Waals surface area (Å²) in [6.07, 6.45) is 5.59. The summed E-state index contributed by atoms with van der Waals surface area (Å²) in [5.41, 5.74) is 0.937. The number of nitrogens with one attached hydrogen (secondary N) is 1. The minimum Gasteiger partial charge on any atom is -0.321 e. The van der Waals surface area contributed by atoms with Crippen molar-refractivity contribution in [3.63, 3.8) is 0 Å². The topological polar surface area (TPSA) is 53.4 Å². The lowest BCUT2D eigenvalue weighted by atomic mass is 9.98. The lowest BCUT2D eigenvalue weighted by Crippen LogP contribution is -2.64. The van der Waals surface area contributed by atoms with Crippen LogP contribution in [0.1, 0.15) is 26.2 Å². The molecule has 2 aromatic rings. The molecule has 1 atom stereocenters. The number of carbonyl (C=O) groups is 1. The SMILES string of the molecule is CC1CCCCN1C1CN(C(=O)Nc2ccnn2-c2ccccc2)C1. The monoisotopic (exact) mass is 339 g/mol. The first-order valence-corrected chi connectivity index (χ1v) is 9.13. The molecule has 0 radical (unpaired) electrons. The smallest absolute Gasteiger partial charge is 0.321 e. The van der Waals surface area contributed by atoms with Crippen molar-refractivity contribution in [1.29, 1.82) is 0 Å². The van der Waals surface area contributed by atoms with Crippen LogP contribution in [-0.2, 0) is 0 Å². The van der Waals surface area contributed by atoms with E-state index in [1.54, 1.807) is 10.9 Å². The summed E-state index contributed by atoms with van der Waals surface area (Å²) in [6.45, 7) is 5.10. The summed E-state index contributed by atoms with van der Waals surface area (Å²) in [4.78, 5) is 17.0. The van der Waals surface area contributed by atoms with Crippen LogP contribution in [0.5, 0.6) is 0 Å². The van der Waals surface area contributed by atoms with E-state index in [0.29, 0.717) is 17.9 Å². The molecular weight excluding hydrogens is 314 g/mol. The third-order valence-electron chi connectivity index (χ3n) is 5.35. The van der Waals surface area contributed by atoms with E-state index in [-0.39, 0.29) is 6.03 Å². The van der Waals surface area contributed by atoms with Crippen molar-refractivity contribution in [3.05, 3.63) is 42.6 Å². The Balaban J connectivity index is 1.36. The second-order valence-corrected chi connectivity index (χ2v) is 7.04. The van der Waals surface area contributed by atoms with Crippen LogP contribution in [0.3, 0.4) is 0 Å². The Bertz CT molecular complexity index is 722. The third-order valence-corrected chi connectivity index (χ3v) is 5.35. The van der Waals surface area contributed by atoms with Crippen LogP contribution in [0.25, 0.3) is 5.69 Å². The van der Waals surface area contributed by atoms with Crippen molar-refractivity contribution in [2.24, 2.45) is 0 Å². The lowest BCUT2D eigenvalue weighted by Gasteiger charge is -2.49. The van der Waals surface area contributed by atoms with Gasteiger partial charge in [0.15, 0.2) is 0 Å². The molecule has 2 aliphatic heterocycles. The Morgan fingerprint density at radius 1 is 1.16 bits per heavy atom. The molecule has 1 N–H and O–H groups in total. The number of anilines is 1. The number of hydrogen-bond acceptors (Lipinski definition) is 3. The van der Waals surface area contributed by atoms with Crippen LogP contribution in [0.4, 0.5) is 10.6 Å². The van der Waals surface area contributed by atoms with Gasteiger partial charge in [0.25, 0.3) is 0 Å². The molecular formula is C19H25N5O. The van der Waals surface area contributed by atoms with Crippen molar-refractivity contribution >= 4 is 11.8 Å². The maximum atomic E-state index is 12.5. The average molecular weight is 339 g/mol. The van der Waals surface area contributed by atoms with Gasteiger partial charge in [-0.25, -0.2) is 9.48 Å². The van der Waals surface area contributed by atoms with Gasteiger partial charge in [0.2, 0.25) is 0 Å². The normalized spacial score (nSPS) is 21.8. The largest absolute Gasteiger partial charge is 0.323 e. The molecule has 0 spiro atoms. The highest BCUT2D eigenvalue weighted by atomic mass is 16.2. The summed E-state index contributed by atoms with van der Waals surface area (Å²) in [6, 6.07) is 12.8. The van der Waals surface area contributed by atoms with Gasteiger partial charge >= 0.3 is 6.03 Å². The van der Waals surface area contributed by atoms with Crippen LogP contribution in [0.2, 0.25) is 0 Å². The van der Waals surface area contributed by atoms with E-state index < -0.39 is 0 Å². The predicted octanol–water partition coefficient (Wildman–Crippen LogP) is 2.96. The molecule has 6 heteroatoms. The van der Waals surface area contributed by atoms with Crippen LogP contribution in [-0.4, -0.2) is 57.3 Å². The highest BCUT2D eigenvalue weighted by molar-refractivity contribution is 5.89. The van der Waals surface area contributed by atoms with Crippen molar-refractivity contribution in [2.75, 3.05) is 25.0 Å². The molecule has 3 heterocycles. The maximum absolute atomic E-state index is 12.5. The van der Waals surface area contributed by atoms with Gasteiger partial charge in [0, 0.05) is 31.2 Å². The van der Waals surface area contributed by atoms with E-state index in [9.17, 15) is 4.79 Å². The Morgan fingerprint density at radius 2 is 1.96 bits per heavy atom. The summed E-state index contributed by atoms with van der Waals surface area (Å²) in [7, 11) is 0. The molecule has 2 aliphatic rings. The van der Waals surface area contributed by atoms with E-state index in [0.717, 1.165) is 18.8 Å². The van der Waals surface area contributed by atoms with E-state index in [1.807, 2.05) is 41.3 Å². The number of hydrogen-bond donors (Lipinski definition) is 1. The van der Waals surface area contributed by atoms with Gasteiger partial charge in [-0.05, 0) is 38.4 Å². The summed E-state index contributed by atoms with van der Waals surface area (Å²) >= 11 is 0. The number of nitrogens with zero attached hydrogens (tertiary/aromatic N) is 4. The van der Waals surface area contributed by atoms with Gasteiger partial charge < -0.3 is 4.90 Å². The predicted molar refractivity (Wildman–Crippen MR) is 98.0 cm³/mol. The van der Waals surface area contributed by atoms with Gasteiger partial charge in [-0.15, -0.1) is 0 Å². The Morgan fingerprint density at radius 3 is 2.72 bits per heavy atom. The van der Waals surface area contributed by atoms with Gasteiger partial charge in [0.05, 0.1) is 11.9 Å². The number of likely N-dealkylation sites (tertiary alicyclic amines) is 2. The summed E-state index contributed by atoms with van der Waals surface area (Å²) in [5, 5.41) is 7.31. The number of para-hydroxylation sites is 1.